The lowest BCUT2D eigenvalue weighted by Gasteiger charge is -2.34. The summed E-state index contributed by atoms with van der Waals surface area (Å²) in [5.41, 5.74) is 2.29. The highest BCUT2D eigenvalue weighted by atomic mass is 32.1. The van der Waals surface area contributed by atoms with E-state index in [4.69, 9.17) is 4.42 Å². The Bertz CT molecular complexity index is 781. The van der Waals surface area contributed by atoms with E-state index < -0.39 is 12.1 Å². The number of hydrogen-bond acceptors (Lipinski definition) is 8. The Hall–Kier alpha value is -1.84. The number of nitrogens with one attached hydrogen (secondary N) is 1. The number of hydrogen-bond donors (Lipinski definition) is 2. The molecule has 26 heavy (non-hydrogen) atoms. The lowest BCUT2D eigenvalue weighted by Crippen LogP contribution is -2.52. The number of likely N-dealkylation sites (N-methyl/N-ethyl adjacent to an activating group) is 1. The van der Waals surface area contributed by atoms with Crippen molar-refractivity contribution in [3.05, 3.63) is 17.1 Å². The van der Waals surface area contributed by atoms with Crippen molar-refractivity contribution >= 4 is 17.2 Å². The molecule has 3 heterocycles. The minimum absolute atomic E-state index is 0.0738. The first-order chi connectivity index (χ1) is 12.2. The van der Waals surface area contributed by atoms with Crippen LogP contribution in [0.3, 0.4) is 0 Å². The van der Waals surface area contributed by atoms with Gasteiger partial charge in [-0.05, 0) is 19.4 Å². The van der Waals surface area contributed by atoms with E-state index in [-0.39, 0.29) is 23.9 Å². The summed E-state index contributed by atoms with van der Waals surface area (Å²) in [6.45, 7) is 8.15. The Kier molecular flexibility index (Phi) is 5.14. The normalized spacial score (nSPS) is 22.0. The summed E-state index contributed by atoms with van der Waals surface area (Å²) in [7, 11) is 1.77. The molecule has 0 radical (unpaired) electrons. The SMILES string of the molecule is CN[C@H](C(=O)N1C[C@H](O)C[C@H]1c1nnc(-c2scnc2C)o1)C(C)(C)C. The van der Waals surface area contributed by atoms with E-state index in [0.29, 0.717) is 18.2 Å². The van der Waals surface area contributed by atoms with Crippen molar-refractivity contribution in [3.63, 3.8) is 0 Å². The van der Waals surface area contributed by atoms with Crippen LogP contribution in [0.25, 0.3) is 10.8 Å². The molecule has 0 saturated carbocycles. The van der Waals surface area contributed by atoms with E-state index in [9.17, 15) is 9.90 Å². The predicted molar refractivity (Wildman–Crippen MR) is 97.5 cm³/mol. The van der Waals surface area contributed by atoms with Crippen LogP contribution in [0.15, 0.2) is 9.93 Å². The van der Waals surface area contributed by atoms with Crippen LogP contribution in [0, 0.1) is 12.3 Å². The molecule has 2 aromatic rings. The van der Waals surface area contributed by atoms with Gasteiger partial charge in [-0.15, -0.1) is 21.5 Å². The maximum atomic E-state index is 13.1. The Morgan fingerprint density at radius 2 is 2.19 bits per heavy atom. The molecule has 9 heteroatoms. The molecule has 1 saturated heterocycles. The van der Waals surface area contributed by atoms with E-state index in [0.717, 1.165) is 10.6 Å². The second-order valence-corrected chi connectivity index (χ2v) is 8.55. The van der Waals surface area contributed by atoms with Crippen LogP contribution >= 0.6 is 11.3 Å². The first-order valence-corrected chi connectivity index (χ1v) is 9.50. The van der Waals surface area contributed by atoms with Gasteiger partial charge in [0, 0.05) is 13.0 Å². The van der Waals surface area contributed by atoms with Gasteiger partial charge in [-0.25, -0.2) is 4.98 Å². The van der Waals surface area contributed by atoms with E-state index >= 15 is 0 Å². The highest BCUT2D eigenvalue weighted by Gasteiger charge is 2.43. The van der Waals surface area contributed by atoms with Crippen molar-refractivity contribution in [2.24, 2.45) is 5.41 Å². The standard InChI is InChI=1S/C17H25N5O3S/c1-9-12(26-8-19-9)15-21-20-14(25-15)11-6-10(23)7-22(11)16(24)13(18-5)17(2,3)4/h8,10-11,13,18,23H,6-7H2,1-5H3/t10-,11+,13-/m1/s1. The van der Waals surface area contributed by atoms with Crippen LogP contribution in [0.4, 0.5) is 0 Å². The number of amides is 1. The summed E-state index contributed by atoms with van der Waals surface area (Å²) in [6.07, 6.45) is -0.225. The Balaban J connectivity index is 1.88. The van der Waals surface area contributed by atoms with Gasteiger partial charge in [-0.2, -0.15) is 0 Å². The number of aryl methyl sites for hydroxylation is 1. The Labute approximate surface area is 156 Å². The minimum Gasteiger partial charge on any atom is -0.418 e. The van der Waals surface area contributed by atoms with Gasteiger partial charge in [-0.3, -0.25) is 4.79 Å². The van der Waals surface area contributed by atoms with Crippen LogP contribution in [0.2, 0.25) is 0 Å². The van der Waals surface area contributed by atoms with Gasteiger partial charge >= 0.3 is 0 Å². The highest BCUT2D eigenvalue weighted by molar-refractivity contribution is 7.13. The smallest absolute Gasteiger partial charge is 0.259 e. The van der Waals surface area contributed by atoms with Crippen molar-refractivity contribution in [2.45, 2.75) is 52.3 Å². The number of carbonyl (C=O) groups excluding carboxylic acids is 1. The number of aliphatic hydroxyl groups excluding tert-OH is 1. The van der Waals surface area contributed by atoms with Crippen LogP contribution in [0.1, 0.15) is 44.8 Å². The first kappa shape index (κ1) is 18.9. The third-order valence-electron chi connectivity index (χ3n) is 4.63. The second kappa shape index (κ2) is 7.05. The fraction of sp³-hybridized carbons (Fsp3) is 0.647. The lowest BCUT2D eigenvalue weighted by molar-refractivity contribution is -0.137. The molecule has 0 aliphatic carbocycles. The topological polar surface area (TPSA) is 104 Å². The summed E-state index contributed by atoms with van der Waals surface area (Å²) in [5.74, 6) is 0.673. The zero-order chi connectivity index (χ0) is 19.1. The molecule has 1 aliphatic heterocycles. The molecule has 3 rings (SSSR count). The van der Waals surface area contributed by atoms with Crippen molar-refractivity contribution in [3.8, 4) is 10.8 Å². The average molecular weight is 379 g/mol. The third kappa shape index (κ3) is 3.51. The molecule has 8 nitrogen and oxygen atoms in total. The van der Waals surface area contributed by atoms with Gasteiger partial charge in [0.25, 0.3) is 5.89 Å². The molecular formula is C17H25N5O3S. The van der Waals surface area contributed by atoms with Crippen LogP contribution < -0.4 is 5.32 Å². The van der Waals surface area contributed by atoms with E-state index in [1.807, 2.05) is 27.7 Å². The molecule has 0 aromatic carbocycles. The molecule has 3 atom stereocenters. The number of nitrogens with zero attached hydrogens (tertiary/aromatic N) is 4. The molecule has 142 valence electrons. The molecule has 2 aromatic heterocycles. The summed E-state index contributed by atoms with van der Waals surface area (Å²) >= 11 is 1.43. The molecular weight excluding hydrogens is 354 g/mol. The van der Waals surface area contributed by atoms with Crippen molar-refractivity contribution < 1.29 is 14.3 Å². The van der Waals surface area contributed by atoms with Crippen LogP contribution in [-0.2, 0) is 4.79 Å². The third-order valence-corrected chi connectivity index (χ3v) is 5.55. The number of thiazole rings is 1. The number of carbonyl (C=O) groups is 1. The maximum Gasteiger partial charge on any atom is 0.259 e. The van der Waals surface area contributed by atoms with Crippen molar-refractivity contribution in [1.29, 1.82) is 0 Å². The number of likely N-dealkylation sites (tertiary alicyclic amines) is 1. The summed E-state index contributed by atoms with van der Waals surface area (Å²) < 4.78 is 5.84. The monoisotopic (exact) mass is 379 g/mol. The van der Waals surface area contributed by atoms with Crippen molar-refractivity contribution in [2.75, 3.05) is 13.6 Å². The number of aromatic nitrogens is 3. The fourth-order valence-corrected chi connectivity index (χ4v) is 4.08. The molecule has 0 unspecified atom stereocenters. The van der Waals surface area contributed by atoms with Crippen LogP contribution in [-0.4, -0.2) is 56.8 Å². The van der Waals surface area contributed by atoms with E-state index in [2.05, 4.69) is 20.5 Å². The quantitative estimate of drug-likeness (QED) is 0.834. The Morgan fingerprint density at radius 1 is 1.46 bits per heavy atom. The van der Waals surface area contributed by atoms with Gasteiger partial charge in [0.05, 0.1) is 23.4 Å². The second-order valence-electron chi connectivity index (χ2n) is 7.70. The van der Waals surface area contributed by atoms with Gasteiger partial charge in [0.2, 0.25) is 11.8 Å². The molecule has 2 N–H and O–H groups in total. The minimum atomic E-state index is -0.609. The zero-order valence-corrected chi connectivity index (χ0v) is 16.5. The lowest BCUT2D eigenvalue weighted by atomic mass is 9.86. The number of β-amino-alcohol motifs (C(OH)–C–C–N with tert-alkyl or cyclic N) is 1. The summed E-state index contributed by atoms with van der Waals surface area (Å²) in [5, 5.41) is 21.5. The van der Waals surface area contributed by atoms with Crippen molar-refractivity contribution in [1.82, 2.24) is 25.4 Å². The van der Waals surface area contributed by atoms with Gasteiger partial charge in [0.15, 0.2) is 0 Å². The van der Waals surface area contributed by atoms with Crippen LogP contribution in [0.5, 0.6) is 0 Å². The Morgan fingerprint density at radius 3 is 2.77 bits per heavy atom. The van der Waals surface area contributed by atoms with Gasteiger partial charge < -0.3 is 19.7 Å². The van der Waals surface area contributed by atoms with Gasteiger partial charge in [0.1, 0.15) is 10.9 Å². The predicted octanol–water partition coefficient (Wildman–Crippen LogP) is 1.77. The highest BCUT2D eigenvalue weighted by Crippen LogP contribution is 2.36. The van der Waals surface area contributed by atoms with Gasteiger partial charge in [-0.1, -0.05) is 20.8 Å². The zero-order valence-electron chi connectivity index (χ0n) is 15.7. The number of rotatable bonds is 4. The summed E-state index contributed by atoms with van der Waals surface area (Å²) in [4.78, 5) is 19.8. The van der Waals surface area contributed by atoms with E-state index in [1.54, 1.807) is 17.5 Å². The molecule has 1 aliphatic rings. The number of aliphatic hydroxyl groups is 1. The average Bonchev–Trinajstić information content (AvgIpc) is 3.25. The summed E-state index contributed by atoms with van der Waals surface area (Å²) in [6, 6.07) is -0.799. The molecule has 1 fully saturated rings. The van der Waals surface area contributed by atoms with E-state index in [1.165, 1.54) is 11.3 Å². The molecule has 0 spiro atoms. The molecule has 1 amide bonds. The largest absolute Gasteiger partial charge is 0.418 e. The molecule has 0 bridgehead atoms. The first-order valence-electron chi connectivity index (χ1n) is 8.62. The fourth-order valence-electron chi connectivity index (χ4n) is 3.35. The maximum absolute atomic E-state index is 13.1.